The molecule has 0 unspecified atom stereocenters. The molecule has 0 radical (unpaired) electrons. The topological polar surface area (TPSA) is 519 Å². The fourth-order valence-corrected chi connectivity index (χ4v) is 16.6. The second-order valence-electron chi connectivity index (χ2n) is 28.2. The average molecular weight is 2040 g/mol. The highest BCUT2D eigenvalue weighted by atomic mass is 32.1. The molecule has 0 atom stereocenters. The Morgan fingerprint density at radius 1 is 0.275 bits per heavy atom. The highest BCUT2D eigenvalue weighted by molar-refractivity contribution is 7.13. The molecule has 5 aromatic carbocycles. The minimum Gasteiger partial charge on any atom is -0.467 e. The zero-order chi connectivity index (χ0) is 102. The fourth-order valence-electron chi connectivity index (χ4n) is 12.9. The van der Waals surface area contributed by atoms with E-state index in [-0.39, 0.29) is 150 Å². The summed E-state index contributed by atoms with van der Waals surface area (Å²) in [7, 11) is 12.0. The Balaban J connectivity index is 0.000000170. The first-order valence-corrected chi connectivity index (χ1v) is 46.1. The minimum absolute atomic E-state index is 0.00124. The molecule has 48 heteroatoms. The van der Waals surface area contributed by atoms with E-state index in [4.69, 9.17) is 52.1 Å². The van der Waals surface area contributed by atoms with Crippen LogP contribution in [0.1, 0.15) is 136 Å². The maximum atomic E-state index is 13.0. The van der Waals surface area contributed by atoms with E-state index < -0.39 is 83.6 Å². The van der Waals surface area contributed by atoms with Gasteiger partial charge < -0.3 is 89.7 Å². The molecule has 0 aliphatic rings. The molecule has 0 N–H and O–H groups in total. The summed E-state index contributed by atoms with van der Waals surface area (Å²) in [4.78, 5) is 214. The van der Waals surface area contributed by atoms with Gasteiger partial charge in [0.15, 0.2) is 67.0 Å². The molecule has 10 aromatic heterocycles. The number of carbonyl (C=O) groups is 16. The van der Waals surface area contributed by atoms with Crippen molar-refractivity contribution in [2.75, 3.05) is 137 Å². The normalized spacial score (nSPS) is 10.7. The number of benzene rings is 5. The lowest BCUT2D eigenvalue weighted by Gasteiger charge is -2.07. The molecule has 0 amide bonds. The second kappa shape index (κ2) is 52.2. The molecule has 0 spiro atoms. The third-order valence-corrected chi connectivity index (χ3v) is 23.7. The van der Waals surface area contributed by atoms with Crippen LogP contribution in [0.2, 0.25) is 0 Å². The van der Waals surface area contributed by atoms with Crippen LogP contribution in [0.5, 0.6) is 0 Å². The third kappa shape index (κ3) is 26.7. The standard InChI is InChI=1S/C20H18N2O8S.C20H20N2O7S.3C18H16N2O6S/c1-27-16(23)10-29-7-8-30-20(26)22-9-13(12-5-3-4-6-15(12)22)17(24)18-21-14(11-31-18)19(25)28-2;1-26-7-8-28-10-17(23)29-12-22-9-14(13-5-3-4-6-16(13)22)18(24)19-21-15(11-30-19)20(25)27-2;2*1-24-7-8-26-18(23)20-9-12(11-5-3-4-6-14(11)20)15(21)16-19-13(10-27-16)17(22)25-2;1-3-25-18(23)26-10-20-8-12(11-6-4-5-7-14(11)20)15(21)16-19-13(9-27-16)17(22)24-2/h3-6,9,11H,7-8,10H2,1-2H3;3-6,9,11H,7-8,10,12H2,1-2H3;2*3-6,9-10H,7-8H2,1-2H3;4-9H,3,10H2,1-2H3. The number of hydrogen-bond donors (Lipinski definition) is 0. The van der Waals surface area contributed by atoms with Crippen LogP contribution in [-0.4, -0.2) is 280 Å². The van der Waals surface area contributed by atoms with Crippen molar-refractivity contribution in [1.82, 2.24) is 47.8 Å². The van der Waals surface area contributed by atoms with E-state index >= 15 is 0 Å². The minimum atomic E-state index is -0.786. The number of ketones is 5. The number of aromatic nitrogens is 10. The maximum Gasteiger partial charge on any atom is 0.510 e. The number of nitrogens with zero attached hydrogens (tertiary/aromatic N) is 10. The zero-order valence-electron chi connectivity index (χ0n) is 77.0. The van der Waals surface area contributed by atoms with E-state index in [0.717, 1.165) is 67.7 Å². The van der Waals surface area contributed by atoms with Crippen molar-refractivity contribution in [2.45, 2.75) is 20.4 Å². The van der Waals surface area contributed by atoms with Gasteiger partial charge in [-0.25, -0.2) is 77.7 Å². The number of ether oxygens (including phenoxy) is 17. The summed E-state index contributed by atoms with van der Waals surface area (Å²) in [5.74, 6) is -6.04. The first-order chi connectivity index (χ1) is 68.7. The monoisotopic (exact) mass is 2040 g/mol. The first-order valence-electron chi connectivity index (χ1n) is 41.7. The largest absolute Gasteiger partial charge is 0.510 e. The lowest BCUT2D eigenvalue weighted by molar-refractivity contribution is -0.153. The van der Waals surface area contributed by atoms with Crippen molar-refractivity contribution >= 4 is 206 Å². The second-order valence-corrected chi connectivity index (χ2v) is 32.5. The van der Waals surface area contributed by atoms with Gasteiger partial charge in [0, 0.05) is 106 Å². The van der Waals surface area contributed by atoms with Crippen LogP contribution in [0.3, 0.4) is 0 Å². The quantitative estimate of drug-likeness (QED) is 0.0152. The number of thiazole rings is 5. The van der Waals surface area contributed by atoms with Crippen LogP contribution in [0, 0.1) is 0 Å². The first kappa shape index (κ1) is 107. The summed E-state index contributed by atoms with van der Waals surface area (Å²) < 4.78 is 89.7. The molecule has 0 aliphatic carbocycles. The summed E-state index contributed by atoms with van der Waals surface area (Å²) >= 11 is 5.20. The van der Waals surface area contributed by atoms with E-state index in [1.165, 1.54) is 116 Å². The van der Waals surface area contributed by atoms with E-state index in [9.17, 15) is 76.7 Å². The van der Waals surface area contributed by atoms with Gasteiger partial charge in [-0.15, -0.1) is 56.7 Å². The molecule has 0 bridgehead atoms. The van der Waals surface area contributed by atoms with Crippen molar-refractivity contribution in [3.63, 3.8) is 0 Å². The van der Waals surface area contributed by atoms with Gasteiger partial charge in [-0.3, -0.25) is 37.7 Å². The average Bonchev–Trinajstić information content (AvgIpc) is 1.70. The SMILES string of the molecule is CCOC(=O)OCn1cc(C(=O)c2nc(C(=O)OC)cs2)c2ccccc21.COC(=O)COCCOC(=O)n1cc(C(=O)c2nc(C(=O)OC)cs2)c2ccccc21.COCCOC(=O)n1cc(C(=O)c2nc(C(=O)OC)cs2)c2ccccc21.COCCOC(=O)n1cc(C(=O)c2nc(C(=O)OC)cs2)c2ccccc21.COCCOCC(=O)OCn1cc(C(=O)c2nc(C(=O)OC)cs2)c2ccccc21. The van der Waals surface area contributed by atoms with Crippen LogP contribution in [0.4, 0.5) is 19.2 Å². The number of fused-ring (bicyclic) bond motifs is 5. The van der Waals surface area contributed by atoms with Crippen LogP contribution >= 0.6 is 56.7 Å². The predicted octanol–water partition coefficient (Wildman–Crippen LogP) is 13.3. The molecule has 10 heterocycles. The smallest absolute Gasteiger partial charge is 0.467 e. The Labute approximate surface area is 824 Å². The molecule has 43 nitrogen and oxygen atoms in total. The van der Waals surface area contributed by atoms with Gasteiger partial charge in [-0.2, -0.15) is 0 Å². The number of methoxy groups -OCH3 is 9. The Morgan fingerprint density at radius 3 is 0.817 bits per heavy atom. The molecule has 0 saturated heterocycles. The van der Waals surface area contributed by atoms with Gasteiger partial charge in [-0.1, -0.05) is 91.0 Å². The van der Waals surface area contributed by atoms with Crippen molar-refractivity contribution in [3.05, 3.63) is 261 Å². The molecular formula is C94H86N10O33S5. The summed E-state index contributed by atoms with van der Waals surface area (Å²) in [6.07, 6.45) is 4.66. The van der Waals surface area contributed by atoms with Crippen molar-refractivity contribution in [3.8, 4) is 0 Å². The Bertz CT molecular complexity index is 6980. The van der Waals surface area contributed by atoms with Crippen molar-refractivity contribution < 1.29 is 157 Å². The summed E-state index contributed by atoms with van der Waals surface area (Å²) in [5.41, 5.74) is 4.91. The zero-order valence-corrected chi connectivity index (χ0v) is 81.1. The predicted molar refractivity (Wildman–Crippen MR) is 508 cm³/mol. The van der Waals surface area contributed by atoms with Gasteiger partial charge >= 0.3 is 66.2 Å². The molecule has 142 heavy (non-hydrogen) atoms. The summed E-state index contributed by atoms with van der Waals surface area (Å²) in [6.45, 7) is 2.59. The third-order valence-electron chi connectivity index (χ3n) is 19.5. The number of esters is 7. The Kier molecular flexibility index (Phi) is 39.1. The molecule has 740 valence electrons. The van der Waals surface area contributed by atoms with Gasteiger partial charge in [0.25, 0.3) is 0 Å². The lowest BCUT2D eigenvalue weighted by Crippen LogP contribution is -2.18. The van der Waals surface area contributed by atoms with Crippen molar-refractivity contribution in [1.29, 1.82) is 0 Å². The van der Waals surface area contributed by atoms with E-state index in [1.807, 2.05) is 24.3 Å². The number of para-hydroxylation sites is 5. The molecule has 0 saturated carbocycles. The van der Waals surface area contributed by atoms with Crippen LogP contribution in [0.15, 0.2) is 179 Å². The fraction of sp³-hybridized carbons (Fsp3) is 0.245. The summed E-state index contributed by atoms with van der Waals surface area (Å²) in [6, 6.07) is 35.2. The lowest BCUT2D eigenvalue weighted by atomic mass is 10.1. The van der Waals surface area contributed by atoms with E-state index in [0.29, 0.717) is 72.3 Å². The van der Waals surface area contributed by atoms with Gasteiger partial charge in [0.1, 0.15) is 33.0 Å². The highest BCUT2D eigenvalue weighted by Gasteiger charge is 2.31. The Hall–Kier alpha value is -15.9. The maximum absolute atomic E-state index is 13.0. The van der Waals surface area contributed by atoms with E-state index in [2.05, 4.69) is 53.3 Å². The molecule has 15 rings (SSSR count). The summed E-state index contributed by atoms with van der Waals surface area (Å²) in [5, 5.41) is 11.1. The van der Waals surface area contributed by atoms with Crippen LogP contribution < -0.4 is 0 Å². The van der Waals surface area contributed by atoms with Crippen LogP contribution in [0.25, 0.3) is 54.5 Å². The van der Waals surface area contributed by atoms with Gasteiger partial charge in [-0.05, 0) is 37.3 Å². The van der Waals surface area contributed by atoms with Crippen molar-refractivity contribution in [2.24, 2.45) is 0 Å². The molecule has 0 aliphatic heterocycles. The van der Waals surface area contributed by atoms with E-state index in [1.54, 1.807) is 133 Å². The van der Waals surface area contributed by atoms with Gasteiger partial charge in [0.2, 0.25) is 28.9 Å². The van der Waals surface area contributed by atoms with Crippen LogP contribution in [-0.2, 0) is 104 Å². The molecular weight excluding hydrogens is 1960 g/mol. The number of hydrogen-bond acceptors (Lipinski definition) is 43. The molecule has 15 aromatic rings. The van der Waals surface area contributed by atoms with Gasteiger partial charge in [0.05, 0.1) is 138 Å². The Morgan fingerprint density at radius 2 is 0.528 bits per heavy atom. The number of carbonyl (C=O) groups excluding carboxylic acids is 16. The number of rotatable bonds is 36. The molecule has 0 fully saturated rings. The highest BCUT2D eigenvalue weighted by Crippen LogP contribution is 2.33.